The van der Waals surface area contributed by atoms with E-state index < -0.39 is 11.9 Å². The minimum absolute atomic E-state index is 0.0564. The van der Waals surface area contributed by atoms with Gasteiger partial charge in [-0.15, -0.1) is 11.3 Å². The average molecular weight is 508 g/mol. The molecule has 0 radical (unpaired) electrons. The van der Waals surface area contributed by atoms with Crippen molar-refractivity contribution >= 4 is 67.3 Å². The van der Waals surface area contributed by atoms with Crippen LogP contribution in [0.5, 0.6) is 0 Å². The van der Waals surface area contributed by atoms with Gasteiger partial charge in [0, 0.05) is 10.4 Å². The standard InChI is InChI=1S/C25H18ClN3O3S2/c1-2-32-23(30)14-29-20-10-9-15(26)12-22(20)34-25(29)28-24(31)17-13-19(21-8-5-11-33-21)27-18-7-4-3-6-16(17)18/h3-13H,2,14H2,1H3. The number of amides is 1. The summed E-state index contributed by atoms with van der Waals surface area (Å²) < 4.78 is 7.64. The smallest absolute Gasteiger partial charge is 0.326 e. The molecule has 0 saturated carbocycles. The quantitative estimate of drug-likeness (QED) is 0.276. The number of hydrogen-bond donors (Lipinski definition) is 0. The molecule has 0 N–H and O–H groups in total. The first-order valence-electron chi connectivity index (χ1n) is 10.5. The number of nitrogens with zero attached hydrogens (tertiary/aromatic N) is 3. The highest BCUT2D eigenvalue weighted by atomic mass is 35.5. The molecule has 0 spiro atoms. The van der Waals surface area contributed by atoms with Gasteiger partial charge in [0.2, 0.25) is 0 Å². The molecule has 0 unspecified atom stereocenters. The van der Waals surface area contributed by atoms with Crippen LogP contribution in [0.15, 0.2) is 71.0 Å². The van der Waals surface area contributed by atoms with Gasteiger partial charge in [0.05, 0.1) is 38.5 Å². The number of thiazole rings is 1. The maximum Gasteiger partial charge on any atom is 0.326 e. The molecule has 3 heterocycles. The van der Waals surface area contributed by atoms with Gasteiger partial charge in [-0.3, -0.25) is 9.59 Å². The van der Waals surface area contributed by atoms with Crippen LogP contribution in [-0.2, 0) is 16.1 Å². The largest absolute Gasteiger partial charge is 0.465 e. The van der Waals surface area contributed by atoms with Crippen molar-refractivity contribution in [3.8, 4) is 10.6 Å². The number of rotatable bonds is 5. The second kappa shape index (κ2) is 9.50. The van der Waals surface area contributed by atoms with Gasteiger partial charge in [-0.2, -0.15) is 4.99 Å². The second-order valence-electron chi connectivity index (χ2n) is 7.35. The van der Waals surface area contributed by atoms with Gasteiger partial charge in [0.15, 0.2) is 4.80 Å². The Morgan fingerprint density at radius 3 is 2.76 bits per heavy atom. The molecule has 0 aliphatic rings. The average Bonchev–Trinajstić information content (AvgIpc) is 3.47. The lowest BCUT2D eigenvalue weighted by Crippen LogP contribution is -2.23. The fourth-order valence-corrected chi connectivity index (χ4v) is 5.66. The molecule has 2 aromatic carbocycles. The topological polar surface area (TPSA) is 73.6 Å². The van der Waals surface area contributed by atoms with E-state index in [0.29, 0.717) is 15.4 Å². The van der Waals surface area contributed by atoms with Crippen LogP contribution in [0.1, 0.15) is 17.3 Å². The maximum atomic E-state index is 13.5. The van der Waals surface area contributed by atoms with Crippen molar-refractivity contribution in [2.45, 2.75) is 13.5 Å². The summed E-state index contributed by atoms with van der Waals surface area (Å²) in [5.41, 5.74) is 2.64. The van der Waals surface area contributed by atoms with Gasteiger partial charge in [-0.05, 0) is 48.7 Å². The van der Waals surface area contributed by atoms with Crippen LogP contribution in [0.3, 0.4) is 0 Å². The summed E-state index contributed by atoms with van der Waals surface area (Å²) in [6.07, 6.45) is 0. The lowest BCUT2D eigenvalue weighted by atomic mass is 10.1. The molecule has 3 aromatic heterocycles. The summed E-state index contributed by atoms with van der Waals surface area (Å²) in [5.74, 6) is -0.813. The lowest BCUT2D eigenvalue weighted by Gasteiger charge is -2.07. The molecule has 0 atom stereocenters. The van der Waals surface area contributed by atoms with Crippen molar-refractivity contribution in [3.05, 3.63) is 81.4 Å². The molecular weight excluding hydrogens is 490 g/mol. The zero-order chi connectivity index (χ0) is 23.7. The number of halogens is 1. The van der Waals surface area contributed by atoms with Crippen LogP contribution in [0, 0.1) is 0 Å². The first kappa shape index (κ1) is 22.5. The van der Waals surface area contributed by atoms with E-state index in [-0.39, 0.29) is 13.2 Å². The van der Waals surface area contributed by atoms with Crippen molar-refractivity contribution in [3.63, 3.8) is 0 Å². The Kier molecular flexibility index (Phi) is 6.28. The SMILES string of the molecule is CCOC(=O)Cn1c(=NC(=O)c2cc(-c3cccs3)nc3ccccc23)sc2cc(Cl)ccc21. The van der Waals surface area contributed by atoms with Gasteiger partial charge >= 0.3 is 5.97 Å². The van der Waals surface area contributed by atoms with Gasteiger partial charge in [-0.25, -0.2) is 4.98 Å². The number of benzene rings is 2. The third-order valence-corrected chi connectivity index (χ3v) is 7.32. The molecule has 9 heteroatoms. The third-order valence-electron chi connectivity index (χ3n) is 5.15. The van der Waals surface area contributed by atoms with Crippen LogP contribution in [0.2, 0.25) is 5.02 Å². The van der Waals surface area contributed by atoms with Crippen LogP contribution in [0.4, 0.5) is 0 Å². The lowest BCUT2D eigenvalue weighted by molar-refractivity contribution is -0.143. The Morgan fingerprint density at radius 1 is 1.12 bits per heavy atom. The van der Waals surface area contributed by atoms with E-state index in [1.807, 2.05) is 47.8 Å². The Labute approximate surface area is 207 Å². The van der Waals surface area contributed by atoms with Crippen molar-refractivity contribution in [1.29, 1.82) is 0 Å². The fraction of sp³-hybridized carbons (Fsp3) is 0.120. The molecule has 5 aromatic rings. The van der Waals surface area contributed by atoms with Crippen LogP contribution in [0.25, 0.3) is 31.7 Å². The van der Waals surface area contributed by atoms with E-state index in [4.69, 9.17) is 21.3 Å². The summed E-state index contributed by atoms with van der Waals surface area (Å²) in [6, 6.07) is 18.5. The number of ether oxygens (including phenoxy) is 1. The van der Waals surface area contributed by atoms with Gasteiger partial charge < -0.3 is 9.30 Å². The number of pyridine rings is 1. The molecule has 1 amide bonds. The van der Waals surface area contributed by atoms with Crippen molar-refractivity contribution < 1.29 is 14.3 Å². The summed E-state index contributed by atoms with van der Waals surface area (Å²) in [6.45, 7) is 1.97. The Morgan fingerprint density at radius 2 is 1.97 bits per heavy atom. The predicted molar refractivity (Wildman–Crippen MR) is 136 cm³/mol. The van der Waals surface area contributed by atoms with E-state index in [0.717, 1.165) is 31.7 Å². The molecule has 170 valence electrons. The molecule has 0 bridgehead atoms. The maximum absolute atomic E-state index is 13.5. The van der Waals surface area contributed by atoms with Crippen LogP contribution < -0.4 is 4.80 Å². The first-order valence-corrected chi connectivity index (χ1v) is 12.6. The number of para-hydroxylation sites is 1. The highest BCUT2D eigenvalue weighted by Gasteiger charge is 2.16. The number of esters is 1. The Balaban J connectivity index is 1.68. The number of carbonyl (C=O) groups is 2. The molecule has 6 nitrogen and oxygen atoms in total. The molecule has 0 fully saturated rings. The minimum Gasteiger partial charge on any atom is -0.465 e. The van der Waals surface area contributed by atoms with E-state index in [1.165, 1.54) is 11.3 Å². The van der Waals surface area contributed by atoms with Crippen molar-refractivity contribution in [2.24, 2.45) is 4.99 Å². The number of thiophene rings is 1. The van der Waals surface area contributed by atoms with Crippen LogP contribution in [-0.4, -0.2) is 28.0 Å². The van der Waals surface area contributed by atoms with Gasteiger partial charge in [0.25, 0.3) is 5.91 Å². The molecule has 0 saturated heterocycles. The number of aromatic nitrogens is 2. The summed E-state index contributed by atoms with van der Waals surface area (Å²) in [7, 11) is 0. The zero-order valence-electron chi connectivity index (χ0n) is 18.0. The predicted octanol–water partition coefficient (Wildman–Crippen LogP) is 5.94. The third kappa shape index (κ3) is 4.40. The fourth-order valence-electron chi connectivity index (χ4n) is 3.67. The van der Waals surface area contributed by atoms with Gasteiger partial charge in [0.1, 0.15) is 6.54 Å². The van der Waals surface area contributed by atoms with E-state index >= 15 is 0 Å². The Hall–Kier alpha value is -3.33. The summed E-state index contributed by atoms with van der Waals surface area (Å²) in [4.78, 5) is 36.3. The Bertz CT molecular complexity index is 1600. The monoisotopic (exact) mass is 507 g/mol. The van der Waals surface area contributed by atoms with Crippen LogP contribution >= 0.6 is 34.3 Å². The highest BCUT2D eigenvalue weighted by Crippen LogP contribution is 2.28. The number of fused-ring (bicyclic) bond motifs is 2. The van der Waals surface area contributed by atoms with Crippen molar-refractivity contribution in [2.75, 3.05) is 6.61 Å². The molecular formula is C25H18ClN3O3S2. The normalized spacial score (nSPS) is 11.9. The first-order chi connectivity index (χ1) is 16.5. The second-order valence-corrected chi connectivity index (χ2v) is 9.75. The number of hydrogen-bond acceptors (Lipinski definition) is 6. The van der Waals surface area contributed by atoms with E-state index in [1.54, 1.807) is 41.0 Å². The highest BCUT2D eigenvalue weighted by molar-refractivity contribution is 7.16. The van der Waals surface area contributed by atoms with E-state index in [2.05, 4.69) is 4.99 Å². The van der Waals surface area contributed by atoms with Crippen molar-refractivity contribution in [1.82, 2.24) is 9.55 Å². The molecule has 34 heavy (non-hydrogen) atoms. The van der Waals surface area contributed by atoms with E-state index in [9.17, 15) is 9.59 Å². The minimum atomic E-state index is -0.410. The number of carbonyl (C=O) groups excluding carboxylic acids is 2. The molecule has 0 aliphatic heterocycles. The summed E-state index contributed by atoms with van der Waals surface area (Å²) in [5, 5.41) is 3.26. The summed E-state index contributed by atoms with van der Waals surface area (Å²) >= 11 is 9.03. The zero-order valence-corrected chi connectivity index (χ0v) is 20.4. The molecule has 5 rings (SSSR count). The van der Waals surface area contributed by atoms with Gasteiger partial charge in [-0.1, -0.05) is 47.2 Å². The molecule has 0 aliphatic carbocycles.